The topological polar surface area (TPSA) is 50.8 Å². The Morgan fingerprint density at radius 3 is 2.62 bits per heavy atom. The Hall–Kier alpha value is -2.60. The van der Waals surface area contributed by atoms with Crippen molar-refractivity contribution >= 4 is 29.4 Å². The molecular weight excluding hydrogens is 420 g/mol. The third-order valence-electron chi connectivity index (χ3n) is 6.21. The molecule has 2 aliphatic rings. The Kier molecular flexibility index (Phi) is 7.30. The van der Waals surface area contributed by atoms with E-state index in [2.05, 4.69) is 17.1 Å². The molecule has 1 N–H and O–H groups in total. The average Bonchev–Trinajstić information content (AvgIpc) is 3.09. The number of carbonyl (C=O) groups is 1. The second kappa shape index (κ2) is 10.3. The van der Waals surface area contributed by atoms with Crippen LogP contribution in [-0.2, 0) is 4.79 Å². The number of benzene rings is 2. The van der Waals surface area contributed by atoms with E-state index in [0.29, 0.717) is 24.0 Å². The first-order valence-corrected chi connectivity index (χ1v) is 12.3. The zero-order valence-corrected chi connectivity index (χ0v) is 19.9. The van der Waals surface area contributed by atoms with Crippen molar-refractivity contribution in [1.82, 2.24) is 4.90 Å². The van der Waals surface area contributed by atoms with Crippen LogP contribution in [0.4, 0.5) is 5.69 Å². The van der Waals surface area contributed by atoms with E-state index < -0.39 is 0 Å². The van der Waals surface area contributed by atoms with E-state index in [-0.39, 0.29) is 17.4 Å². The van der Waals surface area contributed by atoms with E-state index in [1.54, 1.807) is 18.9 Å². The van der Waals surface area contributed by atoms with E-state index in [1.807, 2.05) is 61.5 Å². The van der Waals surface area contributed by atoms with Crippen molar-refractivity contribution in [2.75, 3.05) is 19.0 Å². The normalized spacial score (nSPS) is 24.6. The fraction of sp³-hybridized carbons (Fsp3) is 0.423. The van der Waals surface area contributed by atoms with Gasteiger partial charge in [0.05, 0.1) is 18.6 Å². The molecule has 1 saturated heterocycles. The van der Waals surface area contributed by atoms with E-state index in [9.17, 15) is 4.79 Å². The lowest BCUT2D eigenvalue weighted by molar-refractivity contribution is -0.129. The van der Waals surface area contributed by atoms with Gasteiger partial charge in [0.15, 0.2) is 17.0 Å². The zero-order chi connectivity index (χ0) is 22.5. The Balaban J connectivity index is 1.64. The number of nitrogens with one attached hydrogen (secondary N) is 1. The molecule has 0 aromatic heterocycles. The molecule has 3 atom stereocenters. The second-order valence-electron chi connectivity index (χ2n) is 8.37. The summed E-state index contributed by atoms with van der Waals surface area (Å²) in [5.41, 5.74) is 1.84. The number of nitrogens with zero attached hydrogens (tertiary/aromatic N) is 1. The van der Waals surface area contributed by atoms with Crippen molar-refractivity contribution in [3.8, 4) is 11.5 Å². The van der Waals surface area contributed by atoms with Crippen molar-refractivity contribution < 1.29 is 14.3 Å². The fourth-order valence-corrected chi connectivity index (χ4v) is 5.78. The lowest BCUT2D eigenvalue weighted by atomic mass is 9.85. The molecule has 1 amide bonds. The monoisotopic (exact) mass is 452 g/mol. The van der Waals surface area contributed by atoms with E-state index in [0.717, 1.165) is 22.6 Å². The summed E-state index contributed by atoms with van der Waals surface area (Å²) in [6, 6.07) is 16.2. The molecule has 2 fully saturated rings. The number of thioether (sulfide) groups is 1. The minimum absolute atomic E-state index is 0.107. The first-order valence-electron chi connectivity index (χ1n) is 11.4. The first kappa shape index (κ1) is 22.6. The van der Waals surface area contributed by atoms with Crippen LogP contribution in [-0.4, -0.2) is 36.1 Å². The van der Waals surface area contributed by atoms with Crippen LogP contribution in [0.25, 0.3) is 6.08 Å². The number of anilines is 1. The van der Waals surface area contributed by atoms with Crippen LogP contribution in [0.2, 0.25) is 0 Å². The maximum absolute atomic E-state index is 13.6. The molecular formula is C26H32N2O3S. The van der Waals surface area contributed by atoms with E-state index in [4.69, 9.17) is 9.47 Å². The van der Waals surface area contributed by atoms with Gasteiger partial charge < -0.3 is 19.7 Å². The summed E-state index contributed by atoms with van der Waals surface area (Å²) in [5, 5.41) is 3.59. The van der Waals surface area contributed by atoms with E-state index in [1.165, 1.54) is 19.3 Å². The molecule has 1 heterocycles. The van der Waals surface area contributed by atoms with Gasteiger partial charge in [-0.25, -0.2) is 0 Å². The Morgan fingerprint density at radius 2 is 1.91 bits per heavy atom. The SMILES string of the molecule is CCOc1cc(/C=C2\SC(Nc3ccccc3)N([C@H]3CCCC[C@@H]3C)C2=O)ccc1OC. The third-order valence-corrected chi connectivity index (χ3v) is 7.32. The summed E-state index contributed by atoms with van der Waals surface area (Å²) >= 11 is 1.60. The van der Waals surface area contributed by atoms with Crippen LogP contribution in [0.1, 0.15) is 45.1 Å². The van der Waals surface area contributed by atoms with Crippen LogP contribution >= 0.6 is 11.8 Å². The minimum Gasteiger partial charge on any atom is -0.493 e. The highest BCUT2D eigenvalue weighted by Crippen LogP contribution is 2.42. The molecule has 1 saturated carbocycles. The van der Waals surface area contributed by atoms with Crippen LogP contribution in [0.5, 0.6) is 11.5 Å². The smallest absolute Gasteiger partial charge is 0.262 e. The number of methoxy groups -OCH3 is 1. The number of carbonyl (C=O) groups excluding carboxylic acids is 1. The molecule has 1 unspecified atom stereocenters. The van der Waals surface area contributed by atoms with Gasteiger partial charge in [-0.1, -0.05) is 55.8 Å². The van der Waals surface area contributed by atoms with Gasteiger partial charge in [0.1, 0.15) is 0 Å². The standard InChI is InChI=1S/C26H32N2O3S/c1-4-31-23-16-19(14-15-22(23)30-3)17-24-25(29)28(21-13-9-8-10-18(21)2)26(32-24)27-20-11-6-5-7-12-20/h5-7,11-12,14-18,21,26-27H,4,8-10,13H2,1-3H3/b24-17-/t18-,21-,26?/m0/s1. The van der Waals surface area contributed by atoms with Gasteiger partial charge in [0.2, 0.25) is 0 Å². The van der Waals surface area contributed by atoms with E-state index >= 15 is 0 Å². The zero-order valence-electron chi connectivity index (χ0n) is 19.0. The highest BCUT2D eigenvalue weighted by molar-refractivity contribution is 8.05. The average molecular weight is 453 g/mol. The second-order valence-corrected chi connectivity index (χ2v) is 9.50. The third kappa shape index (κ3) is 4.90. The number of hydrogen-bond donors (Lipinski definition) is 1. The van der Waals surface area contributed by atoms with Crippen molar-refractivity contribution in [3.05, 3.63) is 59.0 Å². The summed E-state index contributed by atoms with van der Waals surface area (Å²) < 4.78 is 11.1. The Labute approximate surface area is 195 Å². The van der Waals surface area contributed by atoms with Crippen molar-refractivity contribution in [2.45, 2.75) is 51.1 Å². The first-order chi connectivity index (χ1) is 15.6. The Bertz CT molecular complexity index is 963. The predicted molar refractivity (Wildman–Crippen MR) is 132 cm³/mol. The van der Waals surface area contributed by atoms with Gasteiger partial charge in [0, 0.05) is 11.7 Å². The van der Waals surface area contributed by atoms with Crippen molar-refractivity contribution in [1.29, 1.82) is 0 Å². The van der Waals surface area contributed by atoms with Gasteiger partial charge in [0.25, 0.3) is 5.91 Å². The number of amides is 1. The summed E-state index contributed by atoms with van der Waals surface area (Å²) in [6.45, 7) is 4.78. The molecule has 170 valence electrons. The summed E-state index contributed by atoms with van der Waals surface area (Å²) in [5.74, 6) is 1.99. The Morgan fingerprint density at radius 1 is 1.12 bits per heavy atom. The van der Waals surface area contributed by atoms with Crippen LogP contribution in [0.3, 0.4) is 0 Å². The lowest BCUT2D eigenvalue weighted by Crippen LogP contribution is -2.48. The van der Waals surface area contributed by atoms with Crippen LogP contribution < -0.4 is 14.8 Å². The molecule has 4 rings (SSSR count). The number of hydrogen-bond acceptors (Lipinski definition) is 5. The van der Waals surface area contributed by atoms with Crippen LogP contribution in [0, 0.1) is 5.92 Å². The number of ether oxygens (including phenoxy) is 2. The number of rotatable bonds is 7. The summed E-state index contributed by atoms with van der Waals surface area (Å²) in [7, 11) is 1.63. The van der Waals surface area contributed by atoms with Crippen molar-refractivity contribution in [2.24, 2.45) is 5.92 Å². The largest absolute Gasteiger partial charge is 0.493 e. The maximum Gasteiger partial charge on any atom is 0.262 e. The van der Waals surface area contributed by atoms with Gasteiger partial charge >= 0.3 is 0 Å². The maximum atomic E-state index is 13.6. The molecule has 2 aromatic carbocycles. The quantitative estimate of drug-likeness (QED) is 0.523. The van der Waals surface area contributed by atoms with Gasteiger partial charge in [-0.05, 0) is 61.6 Å². The molecule has 1 aliphatic carbocycles. The highest BCUT2D eigenvalue weighted by Gasteiger charge is 2.42. The molecule has 0 bridgehead atoms. The predicted octanol–water partition coefficient (Wildman–Crippen LogP) is 5.98. The fourth-order valence-electron chi connectivity index (χ4n) is 4.57. The molecule has 0 spiro atoms. The van der Waals surface area contributed by atoms with Crippen molar-refractivity contribution in [3.63, 3.8) is 0 Å². The summed E-state index contributed by atoms with van der Waals surface area (Å²) in [4.78, 5) is 16.5. The van der Waals surface area contributed by atoms with Gasteiger partial charge in [-0.15, -0.1) is 0 Å². The summed E-state index contributed by atoms with van der Waals surface area (Å²) in [6.07, 6.45) is 6.63. The van der Waals surface area contributed by atoms with Gasteiger partial charge in [-0.2, -0.15) is 0 Å². The van der Waals surface area contributed by atoms with Crippen LogP contribution in [0.15, 0.2) is 53.4 Å². The highest BCUT2D eigenvalue weighted by atomic mass is 32.2. The lowest BCUT2D eigenvalue weighted by Gasteiger charge is -2.39. The molecule has 6 heteroatoms. The number of para-hydroxylation sites is 1. The van der Waals surface area contributed by atoms with Gasteiger partial charge in [-0.3, -0.25) is 4.79 Å². The molecule has 5 nitrogen and oxygen atoms in total. The molecule has 1 aliphatic heterocycles. The molecule has 2 aromatic rings. The molecule has 32 heavy (non-hydrogen) atoms. The minimum atomic E-state index is -0.119. The molecule has 0 radical (unpaired) electrons.